The summed E-state index contributed by atoms with van der Waals surface area (Å²) in [6.45, 7) is 7.03. The highest BCUT2D eigenvalue weighted by molar-refractivity contribution is 7.91. The lowest BCUT2D eigenvalue weighted by atomic mass is 10.1. The molecule has 0 N–H and O–H groups in total. The monoisotopic (exact) mass is 565 g/mol. The largest absolute Gasteiger partial charge is 0.490 e. The zero-order chi connectivity index (χ0) is 27.6. The van der Waals surface area contributed by atoms with E-state index >= 15 is 0 Å². The molecule has 0 aliphatic rings. The first-order chi connectivity index (χ1) is 18.8. The van der Waals surface area contributed by atoms with Crippen LogP contribution < -0.4 is 4.74 Å². The van der Waals surface area contributed by atoms with Gasteiger partial charge in [0, 0.05) is 28.4 Å². The van der Waals surface area contributed by atoms with E-state index in [-0.39, 0.29) is 27.6 Å². The standard InChI is InChI=1S/C30H29ClFN3O3S/c1-3-34(4-2)15-16-38-27-19-24(32)18-26-29(27)35(20-21-9-7-12-23(31)17-21)33-30(26)39(36,37)28-14-8-11-22-10-5-6-13-25(22)28/h5-14,17-19H,3-4,15-16,20H2,1-2H3. The lowest BCUT2D eigenvalue weighted by molar-refractivity contribution is 0.223. The van der Waals surface area contributed by atoms with Crippen molar-refractivity contribution in [3.05, 3.63) is 95.3 Å². The highest BCUT2D eigenvalue weighted by Crippen LogP contribution is 2.36. The predicted molar refractivity (Wildman–Crippen MR) is 153 cm³/mol. The molecule has 0 atom stereocenters. The first-order valence-corrected chi connectivity index (χ1v) is 14.7. The van der Waals surface area contributed by atoms with Crippen LogP contribution >= 0.6 is 11.6 Å². The van der Waals surface area contributed by atoms with E-state index in [0.29, 0.717) is 29.1 Å². The van der Waals surface area contributed by atoms with Crippen LogP contribution in [0, 0.1) is 5.82 Å². The van der Waals surface area contributed by atoms with E-state index in [9.17, 15) is 12.8 Å². The van der Waals surface area contributed by atoms with Crippen molar-refractivity contribution in [1.82, 2.24) is 14.7 Å². The number of likely N-dealkylation sites (N-methyl/N-ethyl adjacent to an activating group) is 1. The van der Waals surface area contributed by atoms with Gasteiger partial charge in [-0.25, -0.2) is 12.8 Å². The summed E-state index contributed by atoms with van der Waals surface area (Å²) in [6, 6.07) is 22.1. The molecule has 6 nitrogen and oxygen atoms in total. The van der Waals surface area contributed by atoms with Gasteiger partial charge in [-0.15, -0.1) is 0 Å². The Balaban J connectivity index is 1.68. The van der Waals surface area contributed by atoms with Crippen molar-refractivity contribution in [2.75, 3.05) is 26.2 Å². The second kappa shape index (κ2) is 11.3. The van der Waals surface area contributed by atoms with Gasteiger partial charge < -0.3 is 9.64 Å². The number of nitrogens with zero attached hydrogens (tertiary/aromatic N) is 3. The van der Waals surface area contributed by atoms with E-state index in [2.05, 4.69) is 23.8 Å². The maximum atomic E-state index is 15.0. The van der Waals surface area contributed by atoms with Crippen molar-refractivity contribution >= 4 is 43.1 Å². The van der Waals surface area contributed by atoms with Gasteiger partial charge in [0.1, 0.15) is 23.7 Å². The molecule has 0 saturated carbocycles. The second-order valence-electron chi connectivity index (χ2n) is 9.25. The third kappa shape index (κ3) is 5.50. The van der Waals surface area contributed by atoms with Crippen molar-refractivity contribution in [1.29, 1.82) is 0 Å². The first kappa shape index (κ1) is 27.1. The fourth-order valence-electron chi connectivity index (χ4n) is 4.81. The van der Waals surface area contributed by atoms with Gasteiger partial charge in [-0.3, -0.25) is 4.68 Å². The predicted octanol–water partition coefficient (Wildman–Crippen LogP) is 6.58. The van der Waals surface area contributed by atoms with E-state index in [1.54, 1.807) is 41.1 Å². The van der Waals surface area contributed by atoms with Crippen LogP contribution in [0.2, 0.25) is 5.02 Å². The van der Waals surface area contributed by atoms with E-state index < -0.39 is 15.7 Å². The fourth-order valence-corrected chi connectivity index (χ4v) is 6.61. The van der Waals surface area contributed by atoms with Gasteiger partial charge in [0.2, 0.25) is 9.84 Å². The molecule has 0 radical (unpaired) electrons. The summed E-state index contributed by atoms with van der Waals surface area (Å²) in [5, 5.41) is 6.43. The van der Waals surface area contributed by atoms with Gasteiger partial charge in [0.05, 0.1) is 11.4 Å². The molecule has 0 aliphatic carbocycles. The molecule has 1 aromatic heterocycles. The van der Waals surface area contributed by atoms with Crippen LogP contribution in [-0.2, 0) is 16.4 Å². The molecule has 0 amide bonds. The summed E-state index contributed by atoms with van der Waals surface area (Å²) in [7, 11) is -4.14. The molecule has 0 saturated heterocycles. The molecule has 9 heteroatoms. The Morgan fingerprint density at radius 3 is 2.46 bits per heavy atom. The number of sulfone groups is 1. The van der Waals surface area contributed by atoms with E-state index in [4.69, 9.17) is 16.3 Å². The average Bonchev–Trinajstić information content (AvgIpc) is 3.29. The van der Waals surface area contributed by atoms with Gasteiger partial charge >= 0.3 is 0 Å². The number of fused-ring (bicyclic) bond motifs is 2. The second-order valence-corrected chi connectivity index (χ2v) is 11.5. The minimum atomic E-state index is -4.14. The molecule has 5 aromatic rings. The van der Waals surface area contributed by atoms with E-state index in [0.717, 1.165) is 24.0 Å². The van der Waals surface area contributed by atoms with Gasteiger partial charge in [0.25, 0.3) is 0 Å². The third-order valence-electron chi connectivity index (χ3n) is 6.81. The molecule has 1 heterocycles. The average molecular weight is 566 g/mol. The zero-order valence-electron chi connectivity index (χ0n) is 21.8. The van der Waals surface area contributed by atoms with Crippen molar-refractivity contribution in [3.63, 3.8) is 0 Å². The highest BCUT2D eigenvalue weighted by Gasteiger charge is 2.29. The van der Waals surface area contributed by atoms with Crippen molar-refractivity contribution in [3.8, 4) is 5.75 Å². The van der Waals surface area contributed by atoms with Gasteiger partial charge in [-0.05, 0) is 48.3 Å². The van der Waals surface area contributed by atoms with Gasteiger partial charge in [-0.2, -0.15) is 5.10 Å². The smallest absolute Gasteiger partial charge is 0.226 e. The Bertz CT molecular complexity index is 1740. The molecular weight excluding hydrogens is 537 g/mol. The lowest BCUT2D eigenvalue weighted by Crippen LogP contribution is -2.28. The normalized spacial score (nSPS) is 12.0. The maximum absolute atomic E-state index is 15.0. The number of hydrogen-bond donors (Lipinski definition) is 0. The molecular formula is C30H29ClFN3O3S. The molecule has 0 aliphatic heterocycles. The van der Waals surface area contributed by atoms with Crippen LogP contribution in [0.4, 0.5) is 4.39 Å². The first-order valence-electron chi connectivity index (χ1n) is 12.8. The number of aromatic nitrogens is 2. The van der Waals surface area contributed by atoms with E-state index in [1.807, 2.05) is 30.3 Å². The Morgan fingerprint density at radius 1 is 0.949 bits per heavy atom. The van der Waals surface area contributed by atoms with Crippen LogP contribution in [0.1, 0.15) is 19.4 Å². The number of ether oxygens (including phenoxy) is 1. The molecule has 0 bridgehead atoms. The Labute approximate surface area is 232 Å². The molecule has 39 heavy (non-hydrogen) atoms. The summed E-state index contributed by atoms with van der Waals surface area (Å²) in [4.78, 5) is 2.30. The summed E-state index contributed by atoms with van der Waals surface area (Å²) >= 11 is 6.22. The summed E-state index contributed by atoms with van der Waals surface area (Å²) < 4.78 is 50.9. The van der Waals surface area contributed by atoms with Gasteiger partial charge in [-0.1, -0.05) is 74.0 Å². The quantitative estimate of drug-likeness (QED) is 0.191. The van der Waals surface area contributed by atoms with Crippen LogP contribution in [-0.4, -0.2) is 49.3 Å². The van der Waals surface area contributed by atoms with Crippen LogP contribution in [0.5, 0.6) is 5.75 Å². The minimum Gasteiger partial charge on any atom is -0.490 e. The lowest BCUT2D eigenvalue weighted by Gasteiger charge is -2.18. The van der Waals surface area contributed by atoms with E-state index in [1.165, 1.54) is 12.1 Å². The summed E-state index contributed by atoms with van der Waals surface area (Å²) in [5.74, 6) is -0.358. The Morgan fingerprint density at radius 2 is 1.69 bits per heavy atom. The molecule has 0 unspecified atom stereocenters. The number of hydrogen-bond acceptors (Lipinski definition) is 5. The third-order valence-corrected chi connectivity index (χ3v) is 8.80. The fraction of sp³-hybridized carbons (Fsp3) is 0.233. The van der Waals surface area contributed by atoms with Crippen LogP contribution in [0.3, 0.4) is 0 Å². The number of benzene rings is 4. The molecule has 202 valence electrons. The Hall–Kier alpha value is -3.46. The Kier molecular flexibility index (Phi) is 7.88. The summed E-state index contributed by atoms with van der Waals surface area (Å²) in [5.41, 5.74) is 1.23. The highest BCUT2D eigenvalue weighted by atomic mass is 35.5. The molecule has 5 rings (SSSR count). The molecule has 0 spiro atoms. The molecule has 0 fully saturated rings. The number of rotatable bonds is 10. The van der Waals surface area contributed by atoms with Crippen molar-refractivity contribution < 1.29 is 17.5 Å². The zero-order valence-corrected chi connectivity index (χ0v) is 23.3. The van der Waals surface area contributed by atoms with Crippen LogP contribution in [0.15, 0.2) is 88.8 Å². The topological polar surface area (TPSA) is 64.4 Å². The number of halogens is 2. The van der Waals surface area contributed by atoms with Crippen molar-refractivity contribution in [2.24, 2.45) is 0 Å². The van der Waals surface area contributed by atoms with Crippen LogP contribution in [0.25, 0.3) is 21.7 Å². The maximum Gasteiger partial charge on any atom is 0.226 e. The van der Waals surface area contributed by atoms with Gasteiger partial charge in [0.15, 0.2) is 5.03 Å². The molecule has 4 aromatic carbocycles. The summed E-state index contributed by atoms with van der Waals surface area (Å²) in [6.07, 6.45) is 0. The SMILES string of the molecule is CCN(CC)CCOc1cc(F)cc2c(S(=O)(=O)c3cccc4ccccc34)nn(Cc3cccc(Cl)c3)c12. The minimum absolute atomic E-state index is 0.114. The van der Waals surface area contributed by atoms with Crippen molar-refractivity contribution in [2.45, 2.75) is 30.3 Å².